The first-order valence-electron chi connectivity index (χ1n) is 7.31. The predicted octanol–water partition coefficient (Wildman–Crippen LogP) is 4.42. The van der Waals surface area contributed by atoms with Crippen LogP contribution in [-0.4, -0.2) is 12.5 Å². The molecule has 0 atom stereocenters. The van der Waals surface area contributed by atoms with Crippen molar-refractivity contribution in [2.75, 3.05) is 6.61 Å². The summed E-state index contributed by atoms with van der Waals surface area (Å²) in [6, 6.07) is 11.2. The molecule has 0 aliphatic heterocycles. The highest BCUT2D eigenvalue weighted by Gasteiger charge is 2.12. The van der Waals surface area contributed by atoms with E-state index in [1.165, 1.54) is 6.08 Å². The second-order valence-electron chi connectivity index (χ2n) is 4.88. The molecule has 2 rings (SSSR count). The number of halogens is 2. The zero-order valence-corrected chi connectivity index (χ0v) is 16.0. The van der Waals surface area contributed by atoms with Crippen molar-refractivity contribution in [1.82, 2.24) is 0 Å². The fourth-order valence-corrected chi connectivity index (χ4v) is 3.00. The van der Waals surface area contributed by atoms with Gasteiger partial charge in [-0.05, 0) is 59.4 Å². The van der Waals surface area contributed by atoms with Crippen molar-refractivity contribution in [2.24, 2.45) is 5.73 Å². The lowest BCUT2D eigenvalue weighted by Gasteiger charge is -2.15. The van der Waals surface area contributed by atoms with Gasteiger partial charge in [-0.15, -0.1) is 0 Å². The van der Waals surface area contributed by atoms with E-state index in [1.54, 1.807) is 6.08 Å². The van der Waals surface area contributed by atoms with Crippen molar-refractivity contribution in [1.29, 1.82) is 0 Å². The summed E-state index contributed by atoms with van der Waals surface area (Å²) in [5.41, 5.74) is 6.85. The van der Waals surface area contributed by atoms with Gasteiger partial charge in [-0.3, -0.25) is 4.79 Å². The molecule has 4 nitrogen and oxygen atoms in total. The van der Waals surface area contributed by atoms with E-state index in [0.717, 1.165) is 14.7 Å². The summed E-state index contributed by atoms with van der Waals surface area (Å²) in [5.74, 6) is 0.760. The van der Waals surface area contributed by atoms with Gasteiger partial charge in [-0.25, -0.2) is 0 Å². The molecule has 2 N–H and O–H groups in total. The molecule has 1 amide bonds. The maximum absolute atomic E-state index is 10.9. The minimum absolute atomic E-state index is 0.340. The molecule has 0 spiro atoms. The van der Waals surface area contributed by atoms with Crippen LogP contribution in [0, 0.1) is 3.57 Å². The van der Waals surface area contributed by atoms with E-state index in [1.807, 2.05) is 43.3 Å². The summed E-state index contributed by atoms with van der Waals surface area (Å²) >= 11 is 8.33. The van der Waals surface area contributed by atoms with Gasteiger partial charge in [-0.2, -0.15) is 0 Å². The zero-order valence-electron chi connectivity index (χ0n) is 13.1. The Bertz CT molecular complexity index is 762. The number of hydrogen-bond acceptors (Lipinski definition) is 3. The number of nitrogens with two attached hydrogens (primary N) is 1. The van der Waals surface area contributed by atoms with Gasteiger partial charge in [0, 0.05) is 16.7 Å². The van der Waals surface area contributed by atoms with Gasteiger partial charge in [0.05, 0.1) is 10.2 Å². The minimum Gasteiger partial charge on any atom is -0.490 e. The lowest BCUT2D eigenvalue weighted by molar-refractivity contribution is -0.113. The molecule has 126 valence electrons. The summed E-state index contributed by atoms with van der Waals surface area (Å²) in [4.78, 5) is 10.9. The van der Waals surface area contributed by atoms with Crippen molar-refractivity contribution < 1.29 is 14.3 Å². The Balaban J connectivity index is 2.27. The average molecular weight is 458 g/mol. The van der Waals surface area contributed by atoms with Crippen molar-refractivity contribution in [3.8, 4) is 11.5 Å². The third kappa shape index (κ3) is 5.14. The van der Waals surface area contributed by atoms with E-state index in [9.17, 15) is 4.79 Å². The van der Waals surface area contributed by atoms with Crippen molar-refractivity contribution in [3.05, 3.63) is 62.2 Å². The van der Waals surface area contributed by atoms with Crippen LogP contribution in [0.5, 0.6) is 11.5 Å². The molecule has 0 saturated carbocycles. The first-order chi connectivity index (χ1) is 11.5. The van der Waals surface area contributed by atoms with Crippen LogP contribution in [0.15, 0.2) is 42.5 Å². The van der Waals surface area contributed by atoms with Crippen molar-refractivity contribution in [2.45, 2.75) is 13.5 Å². The fraction of sp³-hybridized carbons (Fsp3) is 0.167. The van der Waals surface area contributed by atoms with E-state index < -0.39 is 5.91 Å². The Kier molecular flexibility index (Phi) is 6.93. The number of carbonyl (C=O) groups is 1. The largest absolute Gasteiger partial charge is 0.490 e. The molecule has 0 bridgehead atoms. The third-order valence-electron chi connectivity index (χ3n) is 3.10. The normalized spacial score (nSPS) is 10.8. The second-order valence-corrected chi connectivity index (χ2v) is 6.45. The van der Waals surface area contributed by atoms with E-state index in [-0.39, 0.29) is 0 Å². The van der Waals surface area contributed by atoms with E-state index >= 15 is 0 Å². The Morgan fingerprint density at radius 2 is 2.04 bits per heavy atom. The number of rotatable bonds is 7. The Morgan fingerprint density at radius 3 is 2.71 bits per heavy atom. The first kappa shape index (κ1) is 18.6. The Hall–Kier alpha value is -1.73. The number of carbonyl (C=O) groups excluding carboxylic acids is 1. The molecule has 6 heteroatoms. The van der Waals surface area contributed by atoms with Crippen LogP contribution in [0.2, 0.25) is 5.02 Å². The number of ether oxygens (including phenoxy) is 2. The quantitative estimate of drug-likeness (QED) is 0.494. The van der Waals surface area contributed by atoms with Gasteiger partial charge in [0.25, 0.3) is 0 Å². The van der Waals surface area contributed by atoms with Gasteiger partial charge < -0.3 is 15.2 Å². The van der Waals surface area contributed by atoms with E-state index in [2.05, 4.69) is 22.6 Å². The minimum atomic E-state index is -0.498. The summed E-state index contributed by atoms with van der Waals surface area (Å²) in [5, 5.41) is 0.659. The van der Waals surface area contributed by atoms with Crippen LogP contribution in [0.4, 0.5) is 0 Å². The van der Waals surface area contributed by atoms with Gasteiger partial charge in [0.2, 0.25) is 5.91 Å². The average Bonchev–Trinajstić information content (AvgIpc) is 2.54. The van der Waals surface area contributed by atoms with Crippen molar-refractivity contribution in [3.63, 3.8) is 0 Å². The van der Waals surface area contributed by atoms with Crippen LogP contribution in [0.25, 0.3) is 6.08 Å². The molecule has 0 aromatic heterocycles. The standard InChI is InChI=1S/C18H17ClINO3/c1-2-23-16-10-12(7-8-17(21)22)9-15(20)18(16)24-11-13-5-3-4-6-14(13)19/h3-10H,2,11H2,1H3,(H2,21,22)/b8-7+. The Labute approximate surface area is 159 Å². The maximum atomic E-state index is 10.9. The lowest BCUT2D eigenvalue weighted by Crippen LogP contribution is -2.05. The third-order valence-corrected chi connectivity index (χ3v) is 4.27. The van der Waals surface area contributed by atoms with Crippen LogP contribution in [0.3, 0.4) is 0 Å². The highest BCUT2D eigenvalue weighted by atomic mass is 127. The van der Waals surface area contributed by atoms with Crippen LogP contribution in [0.1, 0.15) is 18.1 Å². The van der Waals surface area contributed by atoms with Gasteiger partial charge in [-0.1, -0.05) is 29.8 Å². The number of benzene rings is 2. The van der Waals surface area contributed by atoms with Gasteiger partial charge in [0.1, 0.15) is 6.61 Å². The number of primary amides is 1. The molecule has 0 heterocycles. The number of hydrogen-bond donors (Lipinski definition) is 1. The molecule has 2 aromatic carbocycles. The summed E-state index contributed by atoms with van der Waals surface area (Å²) < 4.78 is 12.5. The monoisotopic (exact) mass is 457 g/mol. The van der Waals surface area contributed by atoms with Gasteiger partial charge >= 0.3 is 0 Å². The molecule has 0 unspecified atom stereocenters. The molecule has 0 fully saturated rings. The summed E-state index contributed by atoms with van der Waals surface area (Å²) in [6.07, 6.45) is 2.95. The molecule has 2 aromatic rings. The van der Waals surface area contributed by atoms with Gasteiger partial charge in [0.15, 0.2) is 11.5 Å². The molecule has 0 aliphatic carbocycles. The number of amides is 1. The fourth-order valence-electron chi connectivity index (χ4n) is 2.03. The molecular formula is C18H17ClINO3. The highest BCUT2D eigenvalue weighted by molar-refractivity contribution is 14.1. The SMILES string of the molecule is CCOc1cc(/C=C/C(N)=O)cc(I)c1OCc1ccccc1Cl. The first-order valence-corrected chi connectivity index (χ1v) is 8.77. The van der Waals surface area contributed by atoms with Crippen LogP contribution in [-0.2, 0) is 11.4 Å². The smallest absolute Gasteiger partial charge is 0.241 e. The molecule has 0 radical (unpaired) electrons. The van der Waals surface area contributed by atoms with Crippen molar-refractivity contribution >= 4 is 46.2 Å². The molecule has 0 aliphatic rings. The predicted molar refractivity (Wildman–Crippen MR) is 104 cm³/mol. The zero-order chi connectivity index (χ0) is 17.5. The maximum Gasteiger partial charge on any atom is 0.241 e. The summed E-state index contributed by atoms with van der Waals surface area (Å²) in [7, 11) is 0. The summed E-state index contributed by atoms with van der Waals surface area (Å²) in [6.45, 7) is 2.74. The highest BCUT2D eigenvalue weighted by Crippen LogP contribution is 2.35. The van der Waals surface area contributed by atoms with E-state index in [4.69, 9.17) is 26.8 Å². The molecular weight excluding hydrogens is 441 g/mol. The topological polar surface area (TPSA) is 61.5 Å². The lowest BCUT2D eigenvalue weighted by atomic mass is 10.2. The van der Waals surface area contributed by atoms with E-state index in [0.29, 0.717) is 29.7 Å². The molecule has 24 heavy (non-hydrogen) atoms. The van der Waals surface area contributed by atoms with Crippen LogP contribution < -0.4 is 15.2 Å². The Morgan fingerprint density at radius 1 is 1.29 bits per heavy atom. The second kappa shape index (κ2) is 8.94. The molecule has 0 saturated heterocycles. The van der Waals surface area contributed by atoms with Crippen LogP contribution >= 0.6 is 34.2 Å².